The molecule has 16 heteroatoms. The number of aromatic nitrogens is 4. The Morgan fingerprint density at radius 2 is 1.64 bits per heavy atom. The van der Waals surface area contributed by atoms with Crippen LogP contribution in [0.15, 0.2) is 59.5 Å². The normalized spacial score (nSPS) is 12.3. The van der Waals surface area contributed by atoms with Crippen LogP contribution < -0.4 is 18.9 Å². The number of hydrogen-bond acceptors (Lipinski definition) is 12. The highest BCUT2D eigenvalue weighted by Crippen LogP contribution is 2.38. The lowest BCUT2D eigenvalue weighted by molar-refractivity contribution is 0.198. The summed E-state index contributed by atoms with van der Waals surface area (Å²) in [5.41, 5.74) is 0.369. The number of para-hydroxylation sites is 1. The van der Waals surface area contributed by atoms with Gasteiger partial charge in [-0.05, 0) is 30.3 Å². The largest absolute Gasteiger partial charge is 0.494 e. The molecule has 220 valence electrons. The molecule has 1 atom stereocenters. The van der Waals surface area contributed by atoms with Gasteiger partial charge in [0, 0.05) is 17.9 Å². The average molecular weight is 615 g/mol. The molecule has 0 saturated carbocycles. The topological polar surface area (TPSA) is 196 Å². The molecule has 0 aliphatic rings. The molecule has 0 aliphatic heterocycles. The van der Waals surface area contributed by atoms with Crippen LogP contribution in [-0.4, -0.2) is 75.0 Å². The summed E-state index contributed by atoms with van der Waals surface area (Å²) >= 11 is 0. The van der Waals surface area contributed by atoms with Crippen LogP contribution in [0.4, 0.5) is 5.95 Å². The van der Waals surface area contributed by atoms with E-state index in [0.29, 0.717) is 0 Å². The number of nitriles is 1. The van der Waals surface area contributed by atoms with Crippen LogP contribution >= 0.6 is 0 Å². The maximum absolute atomic E-state index is 13.4. The van der Waals surface area contributed by atoms with Gasteiger partial charge in [0.1, 0.15) is 22.9 Å². The summed E-state index contributed by atoms with van der Waals surface area (Å²) in [6, 6.07) is 15.2. The maximum Gasteiger partial charge on any atom is 0.243 e. The second-order valence-corrected chi connectivity index (χ2v) is 12.5. The number of sulfonamides is 1. The van der Waals surface area contributed by atoms with Gasteiger partial charge in [-0.25, -0.2) is 21.8 Å². The van der Waals surface area contributed by atoms with Crippen LogP contribution in [0.5, 0.6) is 17.4 Å². The van der Waals surface area contributed by atoms with E-state index in [4.69, 9.17) is 19.5 Å². The monoisotopic (exact) mass is 614 g/mol. The van der Waals surface area contributed by atoms with Gasteiger partial charge in [-0.2, -0.15) is 5.26 Å². The first kappa shape index (κ1) is 30.2. The summed E-state index contributed by atoms with van der Waals surface area (Å²) in [5.74, 6) is -0.315. The minimum absolute atomic E-state index is 0.0323. The predicted octanol–water partition coefficient (Wildman–Crippen LogP) is 2.11. The van der Waals surface area contributed by atoms with Crippen molar-refractivity contribution in [2.75, 3.05) is 38.1 Å². The number of anilines is 1. The fourth-order valence-corrected chi connectivity index (χ4v) is 6.17. The Balaban J connectivity index is 1.81. The highest BCUT2D eigenvalue weighted by molar-refractivity contribution is 7.92. The predicted molar refractivity (Wildman–Crippen MR) is 151 cm³/mol. The number of rotatable bonds is 11. The van der Waals surface area contributed by atoms with E-state index in [1.54, 1.807) is 36.4 Å². The lowest BCUT2D eigenvalue weighted by Crippen LogP contribution is -2.24. The number of methoxy groups -OCH3 is 3. The number of ether oxygens (including phenoxy) is 3. The summed E-state index contributed by atoms with van der Waals surface area (Å²) in [4.78, 5) is 4.02. The third-order valence-electron chi connectivity index (χ3n) is 5.98. The van der Waals surface area contributed by atoms with Crippen molar-refractivity contribution in [3.63, 3.8) is 0 Å². The van der Waals surface area contributed by atoms with Crippen molar-refractivity contribution in [1.29, 1.82) is 5.26 Å². The highest BCUT2D eigenvalue weighted by atomic mass is 32.2. The van der Waals surface area contributed by atoms with Gasteiger partial charge in [0.25, 0.3) is 0 Å². The number of nitrogens with one attached hydrogen (secondary N) is 1. The molecule has 4 rings (SSSR count). The summed E-state index contributed by atoms with van der Waals surface area (Å²) in [6.45, 7) is 0. The molecule has 2 heterocycles. The van der Waals surface area contributed by atoms with Gasteiger partial charge in [-0.15, -0.1) is 10.2 Å². The van der Waals surface area contributed by atoms with E-state index < -0.39 is 31.7 Å². The summed E-state index contributed by atoms with van der Waals surface area (Å²) < 4.78 is 71.3. The number of aliphatic hydroxyl groups is 1. The van der Waals surface area contributed by atoms with E-state index in [0.717, 1.165) is 12.3 Å². The van der Waals surface area contributed by atoms with Gasteiger partial charge in [-0.1, -0.05) is 18.2 Å². The minimum atomic E-state index is -4.42. The van der Waals surface area contributed by atoms with Crippen LogP contribution in [0, 0.1) is 11.3 Å². The van der Waals surface area contributed by atoms with Crippen molar-refractivity contribution in [3.05, 3.63) is 65.7 Å². The Kier molecular flexibility index (Phi) is 8.66. The van der Waals surface area contributed by atoms with Crippen LogP contribution in [0.3, 0.4) is 0 Å². The van der Waals surface area contributed by atoms with Gasteiger partial charge in [-0.3, -0.25) is 9.29 Å². The Hall–Kier alpha value is -4.72. The zero-order chi connectivity index (χ0) is 30.7. The second-order valence-electron chi connectivity index (χ2n) is 8.79. The lowest BCUT2D eigenvalue weighted by atomic mass is 10.1. The van der Waals surface area contributed by atoms with Gasteiger partial charge in [0.15, 0.2) is 15.7 Å². The number of sulfone groups is 1. The van der Waals surface area contributed by atoms with Crippen molar-refractivity contribution < 1.29 is 36.2 Å². The van der Waals surface area contributed by atoms with E-state index in [-0.39, 0.29) is 56.6 Å². The first-order valence-corrected chi connectivity index (χ1v) is 15.6. The summed E-state index contributed by atoms with van der Waals surface area (Å²) in [5, 5.41) is 28.2. The maximum atomic E-state index is 13.4. The molecule has 42 heavy (non-hydrogen) atoms. The molecule has 1 unspecified atom stereocenters. The first-order chi connectivity index (χ1) is 19.9. The van der Waals surface area contributed by atoms with Crippen LogP contribution in [-0.2, 0) is 19.9 Å². The molecule has 4 aromatic rings. The molecule has 14 nitrogen and oxygen atoms in total. The Morgan fingerprint density at radius 3 is 2.24 bits per heavy atom. The van der Waals surface area contributed by atoms with Crippen molar-refractivity contribution in [3.8, 4) is 40.7 Å². The minimum Gasteiger partial charge on any atom is -0.494 e. The average Bonchev–Trinajstić information content (AvgIpc) is 3.37. The lowest BCUT2D eigenvalue weighted by Gasteiger charge is -2.19. The van der Waals surface area contributed by atoms with E-state index in [9.17, 15) is 21.9 Å². The van der Waals surface area contributed by atoms with E-state index in [1.165, 1.54) is 38.0 Å². The van der Waals surface area contributed by atoms with Gasteiger partial charge < -0.3 is 19.3 Å². The molecule has 0 fully saturated rings. The van der Waals surface area contributed by atoms with Crippen molar-refractivity contribution in [2.45, 2.75) is 11.0 Å². The third kappa shape index (κ3) is 6.28. The number of hydrogen-bond donors (Lipinski definition) is 2. The van der Waals surface area contributed by atoms with Crippen molar-refractivity contribution >= 4 is 25.8 Å². The van der Waals surface area contributed by atoms with Gasteiger partial charge in [0.2, 0.25) is 21.9 Å². The highest BCUT2D eigenvalue weighted by Gasteiger charge is 2.29. The third-order valence-corrected chi connectivity index (χ3v) is 8.38. The quantitative estimate of drug-likeness (QED) is 0.250. The van der Waals surface area contributed by atoms with E-state index in [1.807, 2.05) is 6.07 Å². The second kappa shape index (κ2) is 12.0. The Bertz CT molecular complexity index is 1860. The number of pyridine rings is 1. The zero-order valence-electron chi connectivity index (χ0n) is 22.8. The van der Waals surface area contributed by atoms with Crippen LogP contribution in [0.2, 0.25) is 0 Å². The molecule has 0 spiro atoms. The standard InChI is InChI=1S/C26H26N6O8S2/c1-38-20-8-6-9-21(39-2)24(20)32-25(18-7-5-10-23(28-18)40-3)29-30-26(32)31-42(36,37)15-19(33)17-12-11-16(14-27)13-22(17)41(4,34)35/h5-13,19,33H,15H2,1-4H3,(H,30,31). The smallest absolute Gasteiger partial charge is 0.243 e. The first-order valence-electron chi connectivity index (χ1n) is 12.0. The van der Waals surface area contributed by atoms with E-state index in [2.05, 4.69) is 19.9 Å². The molecule has 2 N–H and O–H groups in total. The van der Waals surface area contributed by atoms with Crippen molar-refractivity contribution in [1.82, 2.24) is 19.7 Å². The van der Waals surface area contributed by atoms with Gasteiger partial charge in [0.05, 0.1) is 49.7 Å². The Labute approximate surface area is 242 Å². The number of aliphatic hydroxyl groups excluding tert-OH is 1. The molecule has 0 radical (unpaired) electrons. The van der Waals surface area contributed by atoms with E-state index >= 15 is 0 Å². The molecule has 0 aliphatic carbocycles. The van der Waals surface area contributed by atoms with Gasteiger partial charge >= 0.3 is 0 Å². The van der Waals surface area contributed by atoms with Crippen molar-refractivity contribution in [2.24, 2.45) is 0 Å². The molecule has 0 bridgehead atoms. The molecule has 0 saturated heterocycles. The molecule has 2 aromatic carbocycles. The molecular formula is C26H26N6O8S2. The zero-order valence-corrected chi connectivity index (χ0v) is 24.5. The summed E-state index contributed by atoms with van der Waals surface area (Å²) in [7, 11) is -4.06. The molecule has 0 amide bonds. The fraction of sp³-hybridized carbons (Fsp3) is 0.231. The fourth-order valence-electron chi connectivity index (χ4n) is 4.11. The molecular weight excluding hydrogens is 588 g/mol. The van der Waals surface area contributed by atoms with Crippen LogP contribution in [0.1, 0.15) is 17.2 Å². The number of nitrogens with zero attached hydrogens (tertiary/aromatic N) is 5. The Morgan fingerprint density at radius 1 is 0.976 bits per heavy atom. The number of benzene rings is 2. The SMILES string of the molecule is COc1cccc(-c2nnc(NS(=O)(=O)CC(O)c3ccc(C#N)cc3S(C)(=O)=O)n2-c2c(OC)cccc2OC)n1. The molecule has 2 aromatic heterocycles. The summed E-state index contributed by atoms with van der Waals surface area (Å²) in [6.07, 6.45) is -0.888. The van der Waals surface area contributed by atoms with Crippen LogP contribution in [0.25, 0.3) is 17.2 Å².